The number of nitrogens with one attached hydrogen (secondary N) is 1. The second kappa shape index (κ2) is 10.3. The molecule has 0 aromatic heterocycles. The maximum absolute atomic E-state index is 13.5. The van der Waals surface area contributed by atoms with Gasteiger partial charge < -0.3 is 29.4 Å². The molecular weight excluding hydrogens is 424 g/mol. The van der Waals surface area contributed by atoms with Gasteiger partial charge in [0.25, 0.3) is 5.91 Å². The standard InChI is InChI=1S/C19H21F2NO9/c1-8(24)28-15-14(7-23)31-19(17(30-10(3)26)16(15)29-9(2)25)22-18(27)11-4-5-12(20)13(21)6-11/h4-6,14-17,19,23H,7H2,1-3H3,(H,22,27)/t14-,15-,16+,17-,19-/m1/s1. The lowest BCUT2D eigenvalue weighted by molar-refractivity contribution is -0.254. The van der Waals surface area contributed by atoms with Gasteiger partial charge in [-0.3, -0.25) is 19.2 Å². The Balaban J connectivity index is 2.39. The van der Waals surface area contributed by atoms with Gasteiger partial charge in [0.15, 0.2) is 36.2 Å². The van der Waals surface area contributed by atoms with Crippen LogP contribution in [0.5, 0.6) is 0 Å². The molecule has 1 aliphatic heterocycles. The van der Waals surface area contributed by atoms with Gasteiger partial charge in [0.05, 0.1) is 6.61 Å². The summed E-state index contributed by atoms with van der Waals surface area (Å²) in [6.07, 6.45) is -7.10. The number of carbonyl (C=O) groups excluding carboxylic acids is 4. The Morgan fingerprint density at radius 1 is 0.935 bits per heavy atom. The Morgan fingerprint density at radius 3 is 2.00 bits per heavy atom. The third-order valence-corrected chi connectivity index (χ3v) is 4.18. The highest BCUT2D eigenvalue weighted by Gasteiger charge is 2.52. The van der Waals surface area contributed by atoms with Crippen LogP contribution in [-0.2, 0) is 33.3 Å². The highest BCUT2D eigenvalue weighted by Crippen LogP contribution is 2.28. The first-order chi connectivity index (χ1) is 14.5. The van der Waals surface area contributed by atoms with Gasteiger partial charge in [-0.15, -0.1) is 0 Å². The summed E-state index contributed by atoms with van der Waals surface area (Å²) in [7, 11) is 0. The zero-order chi connectivity index (χ0) is 23.3. The summed E-state index contributed by atoms with van der Waals surface area (Å²) in [6, 6.07) is 2.39. The molecule has 0 unspecified atom stereocenters. The van der Waals surface area contributed by atoms with Crippen molar-refractivity contribution in [2.75, 3.05) is 6.61 Å². The fraction of sp³-hybridized carbons (Fsp3) is 0.474. The molecular formula is C19H21F2NO9. The predicted octanol–water partition coefficient (Wildman–Crippen LogP) is 0.207. The smallest absolute Gasteiger partial charge is 0.303 e. The summed E-state index contributed by atoms with van der Waals surface area (Å²) in [6.45, 7) is 2.43. The summed E-state index contributed by atoms with van der Waals surface area (Å²) in [4.78, 5) is 47.3. The van der Waals surface area contributed by atoms with E-state index in [4.69, 9.17) is 18.9 Å². The maximum atomic E-state index is 13.5. The van der Waals surface area contributed by atoms with E-state index in [1.54, 1.807) is 0 Å². The van der Waals surface area contributed by atoms with Crippen LogP contribution < -0.4 is 5.32 Å². The van der Waals surface area contributed by atoms with E-state index < -0.39 is 72.7 Å². The number of hydrogen-bond acceptors (Lipinski definition) is 9. The quantitative estimate of drug-likeness (QED) is 0.465. The van der Waals surface area contributed by atoms with E-state index in [2.05, 4.69) is 5.32 Å². The SMILES string of the molecule is CC(=O)O[C@@H]1[C@@H](OC(C)=O)[C@H](NC(=O)c2ccc(F)c(F)c2)O[C@H](CO)[C@H]1OC(C)=O. The van der Waals surface area contributed by atoms with Crippen molar-refractivity contribution in [2.24, 2.45) is 0 Å². The van der Waals surface area contributed by atoms with Crippen LogP contribution in [0, 0.1) is 11.6 Å². The molecule has 170 valence electrons. The van der Waals surface area contributed by atoms with Crippen molar-refractivity contribution in [3.63, 3.8) is 0 Å². The molecule has 1 aromatic rings. The minimum atomic E-state index is -1.50. The summed E-state index contributed by atoms with van der Waals surface area (Å²) in [5.74, 6) is -5.84. The molecule has 1 aliphatic rings. The molecule has 0 bridgehead atoms. The first-order valence-electron chi connectivity index (χ1n) is 9.07. The second-order valence-electron chi connectivity index (χ2n) is 6.60. The monoisotopic (exact) mass is 445 g/mol. The molecule has 0 radical (unpaired) electrons. The Morgan fingerprint density at radius 2 is 1.48 bits per heavy atom. The Bertz CT molecular complexity index is 863. The molecule has 2 rings (SSSR count). The van der Waals surface area contributed by atoms with E-state index in [0.29, 0.717) is 6.07 Å². The Labute approximate surface area is 175 Å². The fourth-order valence-electron chi connectivity index (χ4n) is 3.01. The fourth-order valence-corrected chi connectivity index (χ4v) is 3.01. The van der Waals surface area contributed by atoms with Crippen molar-refractivity contribution in [2.45, 2.75) is 51.4 Å². The number of ether oxygens (including phenoxy) is 4. The predicted molar refractivity (Wildman–Crippen MR) is 96.2 cm³/mol. The Kier molecular flexibility index (Phi) is 8.00. The number of amides is 1. The lowest BCUT2D eigenvalue weighted by Crippen LogP contribution is -2.66. The molecule has 12 heteroatoms. The number of benzene rings is 1. The van der Waals surface area contributed by atoms with Crippen molar-refractivity contribution in [3.8, 4) is 0 Å². The largest absolute Gasteiger partial charge is 0.456 e. The van der Waals surface area contributed by atoms with Crippen LogP contribution in [0.2, 0.25) is 0 Å². The highest BCUT2D eigenvalue weighted by molar-refractivity contribution is 5.94. The molecule has 31 heavy (non-hydrogen) atoms. The second-order valence-corrected chi connectivity index (χ2v) is 6.60. The van der Waals surface area contributed by atoms with Gasteiger partial charge in [-0.2, -0.15) is 0 Å². The van der Waals surface area contributed by atoms with Gasteiger partial charge in [-0.1, -0.05) is 0 Å². The van der Waals surface area contributed by atoms with Gasteiger partial charge in [-0.05, 0) is 18.2 Å². The van der Waals surface area contributed by atoms with E-state index in [-0.39, 0.29) is 5.56 Å². The first kappa shape index (κ1) is 24.2. The number of rotatable bonds is 6. The molecule has 5 atom stereocenters. The summed E-state index contributed by atoms with van der Waals surface area (Å²) < 4.78 is 47.5. The van der Waals surface area contributed by atoms with Crippen LogP contribution in [0.3, 0.4) is 0 Å². The van der Waals surface area contributed by atoms with Crippen LogP contribution in [0.4, 0.5) is 8.78 Å². The molecule has 1 aromatic carbocycles. The van der Waals surface area contributed by atoms with E-state index in [1.807, 2.05) is 0 Å². The highest BCUT2D eigenvalue weighted by atomic mass is 19.2. The van der Waals surface area contributed by atoms with Crippen molar-refractivity contribution in [3.05, 3.63) is 35.4 Å². The Hall–Kier alpha value is -3.12. The number of aliphatic hydroxyl groups is 1. The summed E-state index contributed by atoms with van der Waals surface area (Å²) in [5.41, 5.74) is -0.282. The van der Waals surface area contributed by atoms with Crippen molar-refractivity contribution in [1.82, 2.24) is 5.32 Å². The molecule has 0 spiro atoms. The lowest BCUT2D eigenvalue weighted by atomic mass is 9.97. The number of halogens is 2. The minimum Gasteiger partial charge on any atom is -0.456 e. The normalized spacial score (nSPS) is 25.3. The van der Waals surface area contributed by atoms with Crippen LogP contribution in [0.1, 0.15) is 31.1 Å². The molecule has 1 fully saturated rings. The third-order valence-electron chi connectivity index (χ3n) is 4.18. The number of carbonyl (C=O) groups is 4. The van der Waals surface area contributed by atoms with Crippen LogP contribution in [0.25, 0.3) is 0 Å². The molecule has 10 nitrogen and oxygen atoms in total. The zero-order valence-electron chi connectivity index (χ0n) is 16.8. The molecule has 1 amide bonds. The molecule has 0 aliphatic carbocycles. The average molecular weight is 445 g/mol. The van der Waals surface area contributed by atoms with Crippen molar-refractivity contribution in [1.29, 1.82) is 0 Å². The van der Waals surface area contributed by atoms with Gasteiger partial charge in [0.1, 0.15) is 6.10 Å². The summed E-state index contributed by atoms with van der Waals surface area (Å²) >= 11 is 0. The van der Waals surface area contributed by atoms with Gasteiger partial charge in [-0.25, -0.2) is 8.78 Å². The van der Waals surface area contributed by atoms with E-state index in [0.717, 1.165) is 32.9 Å². The molecule has 1 saturated heterocycles. The van der Waals surface area contributed by atoms with Crippen molar-refractivity contribution >= 4 is 23.8 Å². The molecule has 1 heterocycles. The van der Waals surface area contributed by atoms with E-state index in [9.17, 15) is 33.1 Å². The van der Waals surface area contributed by atoms with Crippen LogP contribution in [-0.4, -0.2) is 66.2 Å². The van der Waals surface area contributed by atoms with Crippen molar-refractivity contribution < 1.29 is 52.0 Å². The topological polar surface area (TPSA) is 137 Å². The first-order valence-corrected chi connectivity index (χ1v) is 9.07. The van der Waals surface area contributed by atoms with Gasteiger partial charge in [0, 0.05) is 26.3 Å². The zero-order valence-corrected chi connectivity index (χ0v) is 16.8. The maximum Gasteiger partial charge on any atom is 0.303 e. The van der Waals surface area contributed by atoms with E-state index >= 15 is 0 Å². The van der Waals surface area contributed by atoms with Gasteiger partial charge in [0.2, 0.25) is 0 Å². The average Bonchev–Trinajstić information content (AvgIpc) is 2.67. The number of hydrogen-bond donors (Lipinski definition) is 2. The summed E-state index contributed by atoms with van der Waals surface area (Å²) in [5, 5.41) is 12.0. The number of aliphatic hydroxyl groups excluding tert-OH is 1. The minimum absolute atomic E-state index is 0.282. The van der Waals surface area contributed by atoms with Gasteiger partial charge >= 0.3 is 17.9 Å². The van der Waals surface area contributed by atoms with Crippen LogP contribution >= 0.6 is 0 Å². The number of esters is 3. The van der Waals surface area contributed by atoms with E-state index in [1.165, 1.54) is 0 Å². The molecule has 2 N–H and O–H groups in total. The molecule has 0 saturated carbocycles. The lowest BCUT2D eigenvalue weighted by Gasteiger charge is -2.44. The van der Waals surface area contributed by atoms with Crippen LogP contribution in [0.15, 0.2) is 18.2 Å². The third kappa shape index (κ3) is 6.18.